The lowest BCUT2D eigenvalue weighted by Crippen LogP contribution is -2.51. The summed E-state index contributed by atoms with van der Waals surface area (Å²) in [7, 11) is 0. The van der Waals surface area contributed by atoms with Crippen LogP contribution in [0.5, 0.6) is 17.2 Å². The molecule has 0 aliphatic carbocycles. The largest absolute Gasteiger partial charge is 0.482 e. The van der Waals surface area contributed by atoms with E-state index in [1.165, 1.54) is 0 Å². The molecule has 4 aromatic rings. The van der Waals surface area contributed by atoms with Crippen molar-refractivity contribution in [1.29, 1.82) is 0 Å². The molecule has 1 N–H and O–H groups in total. The maximum atomic E-state index is 13.8. The average molecular weight is 591 g/mol. The van der Waals surface area contributed by atoms with Crippen LogP contribution < -0.4 is 19.5 Å². The van der Waals surface area contributed by atoms with Gasteiger partial charge in [0.1, 0.15) is 11.8 Å². The normalized spacial score (nSPS) is 12.4. The van der Waals surface area contributed by atoms with Crippen LogP contribution in [0.25, 0.3) is 0 Å². The molecule has 4 aromatic carbocycles. The van der Waals surface area contributed by atoms with E-state index in [0.717, 1.165) is 16.7 Å². The molecule has 1 atom stereocenters. The van der Waals surface area contributed by atoms with Crippen LogP contribution in [0.2, 0.25) is 10.0 Å². The highest BCUT2D eigenvalue weighted by atomic mass is 35.5. The Hall–Kier alpha value is -4.20. The Balaban J connectivity index is 1.40. The summed E-state index contributed by atoms with van der Waals surface area (Å²) in [5.41, 5.74) is 2.58. The molecule has 1 aliphatic rings. The number of amides is 2. The summed E-state index contributed by atoms with van der Waals surface area (Å²) in [5.74, 6) is 1.03. The Kier molecular flexibility index (Phi) is 9.29. The third-order valence-corrected chi connectivity index (χ3v) is 7.19. The maximum absolute atomic E-state index is 13.8. The second-order valence-electron chi connectivity index (χ2n) is 9.48. The number of halogens is 2. The fourth-order valence-electron chi connectivity index (χ4n) is 4.48. The Bertz CT molecular complexity index is 1500. The van der Waals surface area contributed by atoms with Crippen molar-refractivity contribution in [3.8, 4) is 17.2 Å². The molecule has 0 saturated heterocycles. The standard InChI is InChI=1S/C32H28Cl2N2O5/c33-25-13-10-23(11-14-25)19-36(31(37)20-39-28-9-5-4-8-26(28)34)27(16-22-6-2-1-3-7-22)32(38)35-18-24-12-15-29-30(17-24)41-21-40-29/h1-15,17,27H,16,18-21H2,(H,35,38)/t27-/m0/s1. The van der Waals surface area contributed by atoms with E-state index in [-0.39, 0.29) is 38.3 Å². The van der Waals surface area contributed by atoms with Gasteiger partial charge in [-0.1, -0.05) is 83.9 Å². The highest BCUT2D eigenvalue weighted by molar-refractivity contribution is 6.32. The maximum Gasteiger partial charge on any atom is 0.261 e. The number of nitrogens with zero attached hydrogens (tertiary/aromatic N) is 1. The monoisotopic (exact) mass is 590 g/mol. The topological polar surface area (TPSA) is 77.1 Å². The molecule has 210 valence electrons. The number of rotatable bonds is 11. The zero-order chi connectivity index (χ0) is 28.6. The third-order valence-electron chi connectivity index (χ3n) is 6.63. The van der Waals surface area contributed by atoms with Crippen molar-refractivity contribution in [3.05, 3.63) is 124 Å². The first kappa shape index (κ1) is 28.3. The molecular weight excluding hydrogens is 563 g/mol. The van der Waals surface area contributed by atoms with E-state index in [1.807, 2.05) is 60.7 Å². The van der Waals surface area contributed by atoms with Gasteiger partial charge in [0.15, 0.2) is 18.1 Å². The molecule has 0 aromatic heterocycles. The first-order valence-electron chi connectivity index (χ1n) is 13.1. The molecule has 0 fully saturated rings. The molecule has 0 unspecified atom stereocenters. The smallest absolute Gasteiger partial charge is 0.261 e. The molecule has 1 heterocycles. The first-order valence-corrected chi connectivity index (χ1v) is 13.8. The molecule has 0 bridgehead atoms. The van der Waals surface area contributed by atoms with Crippen LogP contribution in [0.1, 0.15) is 16.7 Å². The number of para-hydroxylation sites is 1. The van der Waals surface area contributed by atoms with Gasteiger partial charge in [-0.3, -0.25) is 9.59 Å². The Morgan fingerprint density at radius 1 is 0.829 bits per heavy atom. The summed E-state index contributed by atoms with van der Waals surface area (Å²) in [6, 6.07) is 28.4. The summed E-state index contributed by atoms with van der Waals surface area (Å²) in [4.78, 5) is 29.1. The number of nitrogens with one attached hydrogen (secondary N) is 1. The number of hydrogen-bond acceptors (Lipinski definition) is 5. The van der Waals surface area contributed by atoms with E-state index in [9.17, 15) is 9.59 Å². The Morgan fingerprint density at radius 3 is 2.32 bits per heavy atom. The van der Waals surface area contributed by atoms with Gasteiger partial charge in [-0.2, -0.15) is 0 Å². The molecule has 1 aliphatic heterocycles. The summed E-state index contributed by atoms with van der Waals surface area (Å²) in [5, 5.41) is 3.99. The fourth-order valence-corrected chi connectivity index (χ4v) is 4.80. The molecule has 0 spiro atoms. The zero-order valence-corrected chi connectivity index (χ0v) is 23.6. The highest BCUT2D eigenvalue weighted by Gasteiger charge is 2.31. The first-order chi connectivity index (χ1) is 20.0. The number of carbonyl (C=O) groups excluding carboxylic acids is 2. The van der Waals surface area contributed by atoms with Crippen molar-refractivity contribution < 1.29 is 23.8 Å². The Labute approximate surface area is 248 Å². The molecular formula is C32H28Cl2N2O5. The molecule has 2 amide bonds. The minimum absolute atomic E-state index is 0.169. The van der Waals surface area contributed by atoms with Gasteiger partial charge in [0.05, 0.1) is 5.02 Å². The number of benzene rings is 4. The summed E-state index contributed by atoms with van der Waals surface area (Å²) >= 11 is 12.3. The molecule has 5 rings (SSSR count). The average Bonchev–Trinajstić information content (AvgIpc) is 3.47. The van der Waals surface area contributed by atoms with Crippen molar-refractivity contribution in [3.63, 3.8) is 0 Å². The quantitative estimate of drug-likeness (QED) is 0.230. The number of hydrogen-bond donors (Lipinski definition) is 1. The van der Waals surface area contributed by atoms with Crippen LogP contribution >= 0.6 is 23.2 Å². The van der Waals surface area contributed by atoms with Gasteiger partial charge in [-0.25, -0.2) is 0 Å². The lowest BCUT2D eigenvalue weighted by molar-refractivity contribution is -0.142. The summed E-state index contributed by atoms with van der Waals surface area (Å²) in [6.07, 6.45) is 0.305. The lowest BCUT2D eigenvalue weighted by atomic mass is 10.0. The van der Waals surface area contributed by atoms with Crippen LogP contribution in [-0.4, -0.2) is 36.2 Å². The number of ether oxygens (including phenoxy) is 3. The van der Waals surface area contributed by atoms with Crippen molar-refractivity contribution in [2.45, 2.75) is 25.6 Å². The predicted molar refractivity (Wildman–Crippen MR) is 157 cm³/mol. The number of carbonyl (C=O) groups is 2. The van der Waals surface area contributed by atoms with Gasteiger partial charge >= 0.3 is 0 Å². The van der Waals surface area contributed by atoms with Crippen LogP contribution in [0.4, 0.5) is 0 Å². The third kappa shape index (κ3) is 7.51. The van der Waals surface area contributed by atoms with Crippen molar-refractivity contribution >= 4 is 35.0 Å². The number of fused-ring (bicyclic) bond motifs is 1. The lowest BCUT2D eigenvalue weighted by Gasteiger charge is -2.31. The van der Waals surface area contributed by atoms with Gasteiger partial charge in [0, 0.05) is 24.5 Å². The second kappa shape index (κ2) is 13.4. The molecule has 7 nitrogen and oxygen atoms in total. The summed E-state index contributed by atoms with van der Waals surface area (Å²) in [6.45, 7) is 0.303. The Morgan fingerprint density at radius 2 is 1.54 bits per heavy atom. The van der Waals surface area contributed by atoms with Crippen molar-refractivity contribution in [2.24, 2.45) is 0 Å². The van der Waals surface area contributed by atoms with Gasteiger partial charge in [-0.15, -0.1) is 0 Å². The van der Waals surface area contributed by atoms with Crippen LogP contribution in [-0.2, 0) is 29.1 Å². The van der Waals surface area contributed by atoms with Crippen molar-refractivity contribution in [2.75, 3.05) is 13.4 Å². The van der Waals surface area contributed by atoms with Gasteiger partial charge < -0.3 is 24.4 Å². The second-order valence-corrected chi connectivity index (χ2v) is 10.3. The molecule has 0 radical (unpaired) electrons. The minimum Gasteiger partial charge on any atom is -0.482 e. The van der Waals surface area contributed by atoms with Gasteiger partial charge in [0.2, 0.25) is 12.7 Å². The van der Waals surface area contributed by atoms with E-state index in [0.29, 0.717) is 33.7 Å². The van der Waals surface area contributed by atoms with Crippen molar-refractivity contribution in [1.82, 2.24) is 10.2 Å². The van der Waals surface area contributed by atoms with Crippen LogP contribution in [0.15, 0.2) is 97.1 Å². The van der Waals surface area contributed by atoms with Gasteiger partial charge in [-0.05, 0) is 53.1 Å². The zero-order valence-electron chi connectivity index (χ0n) is 22.1. The van der Waals surface area contributed by atoms with E-state index in [2.05, 4.69) is 5.32 Å². The SMILES string of the molecule is O=C(NCc1ccc2c(c1)OCO2)[C@H](Cc1ccccc1)N(Cc1ccc(Cl)cc1)C(=O)COc1ccccc1Cl. The fraction of sp³-hybridized carbons (Fsp3) is 0.188. The highest BCUT2D eigenvalue weighted by Crippen LogP contribution is 2.32. The van der Waals surface area contributed by atoms with E-state index in [4.69, 9.17) is 37.4 Å². The van der Waals surface area contributed by atoms with Crippen LogP contribution in [0.3, 0.4) is 0 Å². The van der Waals surface area contributed by atoms with Gasteiger partial charge in [0.25, 0.3) is 5.91 Å². The predicted octanol–water partition coefficient (Wildman–Crippen LogP) is 6.06. The molecule has 0 saturated carbocycles. The molecule has 9 heteroatoms. The molecule has 41 heavy (non-hydrogen) atoms. The minimum atomic E-state index is -0.829. The van der Waals surface area contributed by atoms with E-state index < -0.39 is 6.04 Å². The van der Waals surface area contributed by atoms with E-state index >= 15 is 0 Å². The van der Waals surface area contributed by atoms with E-state index in [1.54, 1.807) is 41.3 Å². The van der Waals surface area contributed by atoms with Crippen LogP contribution in [0, 0.1) is 0 Å². The summed E-state index contributed by atoms with van der Waals surface area (Å²) < 4.78 is 16.6.